The summed E-state index contributed by atoms with van der Waals surface area (Å²) in [5.74, 6) is -4.94. The normalized spacial score (nSPS) is 11.7. The highest BCUT2D eigenvalue weighted by atomic mass is 35.5. The van der Waals surface area contributed by atoms with Crippen molar-refractivity contribution in [3.63, 3.8) is 0 Å². The zero-order valence-electron chi connectivity index (χ0n) is 12.3. The minimum absolute atomic E-state index is 0.0144. The number of hydrogen-bond donors (Lipinski definition) is 1. The van der Waals surface area contributed by atoms with Gasteiger partial charge in [0, 0.05) is 16.8 Å². The van der Waals surface area contributed by atoms with E-state index in [4.69, 9.17) is 16.3 Å². The SMILES string of the molecule is C[C@H](OC(=O)c1ccc(Cl)cc1F)C(=O)Nc1ccc(F)c(F)c1. The second-order valence-corrected chi connectivity index (χ2v) is 5.23. The number of ether oxygens (including phenoxy) is 1. The van der Waals surface area contributed by atoms with Crippen LogP contribution in [0.15, 0.2) is 36.4 Å². The molecule has 0 fully saturated rings. The lowest BCUT2D eigenvalue weighted by Crippen LogP contribution is -2.30. The average Bonchev–Trinajstić information content (AvgIpc) is 2.50. The number of hydrogen-bond acceptors (Lipinski definition) is 3. The van der Waals surface area contributed by atoms with Crippen molar-refractivity contribution in [1.29, 1.82) is 0 Å². The molecule has 0 heterocycles. The van der Waals surface area contributed by atoms with E-state index < -0.39 is 35.4 Å². The van der Waals surface area contributed by atoms with Crippen LogP contribution in [0.5, 0.6) is 0 Å². The summed E-state index contributed by atoms with van der Waals surface area (Å²) in [5.41, 5.74) is -0.397. The molecule has 2 aromatic rings. The van der Waals surface area contributed by atoms with Gasteiger partial charge in [-0.2, -0.15) is 0 Å². The van der Waals surface area contributed by atoms with Gasteiger partial charge in [-0.15, -0.1) is 0 Å². The Morgan fingerprint density at radius 1 is 1.04 bits per heavy atom. The molecule has 24 heavy (non-hydrogen) atoms. The number of carbonyl (C=O) groups excluding carboxylic acids is 2. The number of esters is 1. The zero-order chi connectivity index (χ0) is 17.9. The van der Waals surface area contributed by atoms with Gasteiger partial charge in [-0.3, -0.25) is 4.79 Å². The fourth-order valence-electron chi connectivity index (χ4n) is 1.75. The maximum atomic E-state index is 13.6. The molecule has 0 aromatic heterocycles. The maximum absolute atomic E-state index is 13.6. The highest BCUT2D eigenvalue weighted by Gasteiger charge is 2.21. The molecule has 126 valence electrons. The minimum atomic E-state index is -1.29. The summed E-state index contributed by atoms with van der Waals surface area (Å²) >= 11 is 5.58. The summed E-state index contributed by atoms with van der Waals surface area (Å²) in [5, 5.41) is 2.36. The van der Waals surface area contributed by atoms with Crippen LogP contribution in [0.2, 0.25) is 5.02 Å². The Labute approximate surface area is 140 Å². The molecule has 1 atom stereocenters. The summed E-state index contributed by atoms with van der Waals surface area (Å²) in [6.07, 6.45) is -1.29. The molecule has 8 heteroatoms. The van der Waals surface area contributed by atoms with Crippen molar-refractivity contribution in [1.82, 2.24) is 0 Å². The Morgan fingerprint density at radius 3 is 2.38 bits per heavy atom. The van der Waals surface area contributed by atoms with Gasteiger partial charge in [-0.1, -0.05) is 11.6 Å². The number of halogens is 4. The Kier molecular flexibility index (Phi) is 5.46. The van der Waals surface area contributed by atoms with Crippen molar-refractivity contribution in [2.75, 3.05) is 5.32 Å². The minimum Gasteiger partial charge on any atom is -0.449 e. The molecule has 0 spiro atoms. The van der Waals surface area contributed by atoms with Crippen molar-refractivity contribution in [2.45, 2.75) is 13.0 Å². The Balaban J connectivity index is 2.02. The summed E-state index contributed by atoms with van der Waals surface area (Å²) in [6, 6.07) is 6.12. The van der Waals surface area contributed by atoms with Crippen LogP contribution in [0.3, 0.4) is 0 Å². The number of rotatable bonds is 4. The topological polar surface area (TPSA) is 55.4 Å². The zero-order valence-corrected chi connectivity index (χ0v) is 13.0. The Morgan fingerprint density at radius 2 is 1.75 bits per heavy atom. The van der Waals surface area contributed by atoms with E-state index in [0.717, 1.165) is 30.3 Å². The summed E-state index contributed by atoms with van der Waals surface area (Å²) < 4.78 is 44.4. The van der Waals surface area contributed by atoms with Gasteiger partial charge in [0.25, 0.3) is 5.91 Å². The van der Waals surface area contributed by atoms with E-state index in [9.17, 15) is 22.8 Å². The van der Waals surface area contributed by atoms with Crippen LogP contribution >= 0.6 is 11.6 Å². The predicted molar refractivity (Wildman–Crippen MR) is 81.3 cm³/mol. The molecule has 0 bridgehead atoms. The molecule has 0 aliphatic rings. The first-order valence-electron chi connectivity index (χ1n) is 6.70. The molecular weight excluding hydrogens is 347 g/mol. The van der Waals surface area contributed by atoms with Gasteiger partial charge in [0.05, 0.1) is 5.56 Å². The monoisotopic (exact) mass is 357 g/mol. The summed E-state index contributed by atoms with van der Waals surface area (Å²) in [6.45, 7) is 1.25. The van der Waals surface area contributed by atoms with E-state index in [1.54, 1.807) is 0 Å². The molecule has 1 N–H and O–H groups in total. The third kappa shape index (κ3) is 4.26. The molecule has 2 rings (SSSR count). The van der Waals surface area contributed by atoms with Gasteiger partial charge in [0.1, 0.15) is 5.82 Å². The lowest BCUT2D eigenvalue weighted by Gasteiger charge is -2.14. The van der Waals surface area contributed by atoms with Crippen LogP contribution < -0.4 is 5.32 Å². The second-order valence-electron chi connectivity index (χ2n) is 4.79. The largest absolute Gasteiger partial charge is 0.449 e. The predicted octanol–water partition coefficient (Wildman–Crippen LogP) is 3.94. The number of anilines is 1. The van der Waals surface area contributed by atoms with Gasteiger partial charge < -0.3 is 10.1 Å². The second kappa shape index (κ2) is 7.35. The van der Waals surface area contributed by atoms with E-state index in [1.165, 1.54) is 13.0 Å². The van der Waals surface area contributed by atoms with Crippen molar-refractivity contribution >= 4 is 29.2 Å². The Hall–Kier alpha value is -2.54. The third-order valence-corrected chi connectivity index (χ3v) is 3.23. The lowest BCUT2D eigenvalue weighted by atomic mass is 10.2. The van der Waals surface area contributed by atoms with E-state index >= 15 is 0 Å². The quantitative estimate of drug-likeness (QED) is 0.843. The van der Waals surface area contributed by atoms with Crippen LogP contribution in [-0.2, 0) is 9.53 Å². The molecule has 0 radical (unpaired) electrons. The van der Waals surface area contributed by atoms with Crippen LogP contribution in [0.4, 0.5) is 18.9 Å². The highest BCUT2D eigenvalue weighted by molar-refractivity contribution is 6.30. The van der Waals surface area contributed by atoms with E-state index in [2.05, 4.69) is 5.32 Å². The van der Waals surface area contributed by atoms with E-state index in [1.807, 2.05) is 0 Å². The fraction of sp³-hybridized carbons (Fsp3) is 0.125. The number of nitrogens with one attached hydrogen (secondary N) is 1. The lowest BCUT2D eigenvalue weighted by molar-refractivity contribution is -0.123. The number of carbonyl (C=O) groups is 2. The van der Waals surface area contributed by atoms with Gasteiger partial charge in [-0.05, 0) is 37.3 Å². The summed E-state index contributed by atoms with van der Waals surface area (Å²) in [7, 11) is 0. The van der Waals surface area contributed by atoms with Crippen LogP contribution in [0.1, 0.15) is 17.3 Å². The van der Waals surface area contributed by atoms with Crippen LogP contribution in [0.25, 0.3) is 0 Å². The smallest absolute Gasteiger partial charge is 0.341 e. The molecule has 0 saturated carbocycles. The number of amides is 1. The van der Waals surface area contributed by atoms with Gasteiger partial charge in [0.15, 0.2) is 17.7 Å². The number of benzene rings is 2. The van der Waals surface area contributed by atoms with Gasteiger partial charge in [0.2, 0.25) is 0 Å². The molecule has 0 saturated heterocycles. The first kappa shape index (κ1) is 17.8. The fourth-order valence-corrected chi connectivity index (χ4v) is 1.91. The van der Waals surface area contributed by atoms with Crippen LogP contribution in [0, 0.1) is 17.5 Å². The van der Waals surface area contributed by atoms with Gasteiger partial charge >= 0.3 is 5.97 Å². The molecule has 2 aromatic carbocycles. The standard InChI is InChI=1S/C16H11ClF3NO3/c1-8(15(22)21-10-3-5-12(18)14(20)7-10)24-16(23)11-4-2-9(17)6-13(11)19/h2-8H,1H3,(H,21,22)/t8-/m0/s1. The van der Waals surface area contributed by atoms with Crippen molar-refractivity contribution in [2.24, 2.45) is 0 Å². The first-order valence-corrected chi connectivity index (χ1v) is 7.07. The maximum Gasteiger partial charge on any atom is 0.341 e. The molecular formula is C16H11ClF3NO3. The molecule has 0 aliphatic carbocycles. The molecule has 1 amide bonds. The van der Waals surface area contributed by atoms with Crippen LogP contribution in [-0.4, -0.2) is 18.0 Å². The van der Waals surface area contributed by atoms with Crippen molar-refractivity contribution in [3.05, 3.63) is 64.4 Å². The van der Waals surface area contributed by atoms with Crippen molar-refractivity contribution in [3.8, 4) is 0 Å². The first-order chi connectivity index (χ1) is 11.3. The average molecular weight is 358 g/mol. The Bertz CT molecular complexity index is 798. The third-order valence-electron chi connectivity index (χ3n) is 2.99. The molecule has 0 aliphatic heterocycles. The highest BCUT2D eigenvalue weighted by Crippen LogP contribution is 2.17. The van der Waals surface area contributed by atoms with E-state index in [0.29, 0.717) is 0 Å². The molecule has 0 unspecified atom stereocenters. The molecule has 4 nitrogen and oxygen atoms in total. The van der Waals surface area contributed by atoms with Gasteiger partial charge in [-0.25, -0.2) is 18.0 Å². The van der Waals surface area contributed by atoms with E-state index in [-0.39, 0.29) is 16.3 Å². The van der Waals surface area contributed by atoms with Crippen molar-refractivity contribution < 1.29 is 27.5 Å². The summed E-state index contributed by atoms with van der Waals surface area (Å²) in [4.78, 5) is 23.7.